The zero-order valence-corrected chi connectivity index (χ0v) is 11.5. The third-order valence-corrected chi connectivity index (χ3v) is 3.65. The van der Waals surface area contributed by atoms with Crippen molar-refractivity contribution in [1.82, 2.24) is 5.32 Å². The number of furan rings is 1. The largest absolute Gasteiger partial charge is 0.467 e. The Morgan fingerprint density at radius 1 is 1.53 bits per heavy atom. The van der Waals surface area contributed by atoms with Gasteiger partial charge in [0.1, 0.15) is 12.0 Å². The fourth-order valence-corrected chi connectivity index (χ4v) is 2.34. The van der Waals surface area contributed by atoms with Crippen molar-refractivity contribution in [3.8, 4) is 0 Å². The minimum absolute atomic E-state index is 0.368. The molecule has 1 saturated heterocycles. The van der Waals surface area contributed by atoms with E-state index in [2.05, 4.69) is 17.0 Å². The van der Waals surface area contributed by atoms with Crippen LogP contribution in [-0.4, -0.2) is 32.3 Å². The Hall–Kier alpha value is -1.33. The van der Waals surface area contributed by atoms with Crippen molar-refractivity contribution in [2.24, 2.45) is 5.92 Å². The third kappa shape index (κ3) is 3.81. The Kier molecular flexibility index (Phi) is 4.99. The van der Waals surface area contributed by atoms with Gasteiger partial charge in [-0.05, 0) is 31.7 Å². The van der Waals surface area contributed by atoms with Gasteiger partial charge >= 0.3 is 5.97 Å². The summed E-state index contributed by atoms with van der Waals surface area (Å²) >= 11 is 0. The van der Waals surface area contributed by atoms with Gasteiger partial charge in [0.2, 0.25) is 0 Å². The van der Waals surface area contributed by atoms with Gasteiger partial charge < -0.3 is 19.2 Å². The Morgan fingerprint density at radius 3 is 2.95 bits per heavy atom. The maximum atomic E-state index is 11.3. The van der Waals surface area contributed by atoms with E-state index in [0.717, 1.165) is 31.8 Å². The summed E-state index contributed by atoms with van der Waals surface area (Å²) in [4.78, 5) is 11.3. The van der Waals surface area contributed by atoms with E-state index in [4.69, 9.17) is 9.15 Å². The average Bonchev–Trinajstić information content (AvgIpc) is 2.93. The molecule has 5 nitrogen and oxygen atoms in total. The molecular weight excluding hydrogens is 246 g/mol. The van der Waals surface area contributed by atoms with Gasteiger partial charge in [-0.2, -0.15) is 0 Å². The molecular formula is C14H21NO4. The molecule has 1 atom stereocenters. The molecule has 1 aliphatic heterocycles. The van der Waals surface area contributed by atoms with Crippen molar-refractivity contribution in [3.63, 3.8) is 0 Å². The van der Waals surface area contributed by atoms with Crippen LogP contribution in [-0.2, 0) is 16.0 Å². The molecule has 19 heavy (non-hydrogen) atoms. The lowest BCUT2D eigenvalue weighted by Gasteiger charge is -2.28. The molecule has 0 amide bonds. The van der Waals surface area contributed by atoms with E-state index >= 15 is 0 Å². The topological polar surface area (TPSA) is 60.7 Å². The predicted octanol–water partition coefficient (Wildman–Crippen LogP) is 1.97. The van der Waals surface area contributed by atoms with Crippen LogP contribution in [0, 0.1) is 5.92 Å². The van der Waals surface area contributed by atoms with E-state index in [9.17, 15) is 4.79 Å². The third-order valence-electron chi connectivity index (χ3n) is 3.65. The minimum Gasteiger partial charge on any atom is -0.467 e. The number of hydrogen-bond acceptors (Lipinski definition) is 5. The molecule has 1 unspecified atom stereocenters. The summed E-state index contributed by atoms with van der Waals surface area (Å²) in [7, 11) is 1.36. The van der Waals surface area contributed by atoms with Crippen LogP contribution in [0.15, 0.2) is 16.7 Å². The van der Waals surface area contributed by atoms with Crippen LogP contribution in [0.25, 0.3) is 0 Å². The van der Waals surface area contributed by atoms with Crippen molar-refractivity contribution in [3.05, 3.63) is 23.7 Å². The van der Waals surface area contributed by atoms with Gasteiger partial charge in [-0.3, -0.25) is 0 Å². The maximum absolute atomic E-state index is 11.3. The van der Waals surface area contributed by atoms with Crippen LogP contribution in [0.3, 0.4) is 0 Å². The van der Waals surface area contributed by atoms with Crippen LogP contribution in [0.5, 0.6) is 0 Å². The molecule has 0 radical (unpaired) electrons. The van der Waals surface area contributed by atoms with Crippen molar-refractivity contribution in [2.75, 3.05) is 20.3 Å². The van der Waals surface area contributed by atoms with Gasteiger partial charge in [0, 0.05) is 19.3 Å². The molecule has 0 saturated carbocycles. The van der Waals surface area contributed by atoms with Crippen LogP contribution < -0.4 is 5.32 Å². The monoisotopic (exact) mass is 267 g/mol. The van der Waals surface area contributed by atoms with E-state index in [0.29, 0.717) is 24.1 Å². The Morgan fingerprint density at radius 2 is 2.26 bits per heavy atom. The van der Waals surface area contributed by atoms with E-state index < -0.39 is 0 Å². The summed E-state index contributed by atoms with van der Waals surface area (Å²) in [6, 6.07) is 2.13. The van der Waals surface area contributed by atoms with Crippen LogP contribution >= 0.6 is 0 Å². The second-order valence-corrected chi connectivity index (χ2v) is 4.91. The highest BCUT2D eigenvalue weighted by Crippen LogP contribution is 2.19. The summed E-state index contributed by atoms with van der Waals surface area (Å²) in [5.41, 5.74) is 0.456. The van der Waals surface area contributed by atoms with Gasteiger partial charge in [-0.25, -0.2) is 4.79 Å². The van der Waals surface area contributed by atoms with Crippen molar-refractivity contribution in [1.29, 1.82) is 0 Å². The van der Waals surface area contributed by atoms with Gasteiger partial charge in [-0.1, -0.05) is 0 Å². The Labute approximate surface area is 113 Å². The highest BCUT2D eigenvalue weighted by molar-refractivity contribution is 5.88. The lowest BCUT2D eigenvalue weighted by molar-refractivity contribution is 0.0555. The second-order valence-electron chi connectivity index (χ2n) is 4.91. The molecule has 1 N–H and O–H groups in total. The zero-order chi connectivity index (χ0) is 13.7. The normalized spacial score (nSPS) is 18.2. The lowest BCUT2D eigenvalue weighted by Crippen LogP contribution is -2.36. The number of carbonyl (C=O) groups is 1. The molecule has 0 aliphatic carbocycles. The van der Waals surface area contributed by atoms with E-state index in [-0.39, 0.29) is 5.97 Å². The maximum Gasteiger partial charge on any atom is 0.341 e. The number of carbonyl (C=O) groups excluding carboxylic acids is 1. The smallest absolute Gasteiger partial charge is 0.341 e. The first-order valence-electron chi connectivity index (χ1n) is 6.67. The Bertz CT molecular complexity index is 409. The molecule has 5 heteroatoms. The first-order chi connectivity index (χ1) is 9.20. The molecule has 106 valence electrons. The minimum atomic E-state index is -0.368. The van der Waals surface area contributed by atoms with Gasteiger partial charge in [0.05, 0.1) is 19.2 Å². The SMILES string of the molecule is COC(=O)c1coc(CNC(C)C2CCOCC2)c1. The summed E-state index contributed by atoms with van der Waals surface area (Å²) in [6.45, 7) is 4.50. The molecule has 1 aromatic heterocycles. The number of hydrogen-bond donors (Lipinski definition) is 1. The van der Waals surface area contributed by atoms with Gasteiger partial charge in [-0.15, -0.1) is 0 Å². The average molecular weight is 267 g/mol. The first-order valence-corrected chi connectivity index (χ1v) is 6.67. The second kappa shape index (κ2) is 6.73. The molecule has 0 spiro atoms. The van der Waals surface area contributed by atoms with E-state index in [1.165, 1.54) is 13.4 Å². The molecule has 1 aliphatic rings. The number of rotatable bonds is 5. The lowest BCUT2D eigenvalue weighted by atomic mass is 9.93. The van der Waals surface area contributed by atoms with Gasteiger partial charge in [0.15, 0.2) is 0 Å². The molecule has 1 aromatic rings. The number of nitrogens with one attached hydrogen (secondary N) is 1. The molecule has 1 fully saturated rings. The number of esters is 1. The number of methoxy groups -OCH3 is 1. The quantitative estimate of drug-likeness (QED) is 0.826. The summed E-state index contributed by atoms with van der Waals surface area (Å²) in [5.74, 6) is 1.02. The van der Waals surface area contributed by atoms with Crippen LogP contribution in [0.4, 0.5) is 0 Å². The summed E-state index contributed by atoms with van der Waals surface area (Å²) in [6.07, 6.45) is 3.63. The molecule has 0 bridgehead atoms. The first kappa shape index (κ1) is 14.1. The Balaban J connectivity index is 1.81. The molecule has 2 rings (SSSR count). The zero-order valence-electron chi connectivity index (χ0n) is 11.5. The molecule has 0 aromatic carbocycles. The van der Waals surface area contributed by atoms with Crippen molar-refractivity contribution < 1.29 is 18.7 Å². The fraction of sp³-hybridized carbons (Fsp3) is 0.643. The standard InChI is InChI=1S/C14H21NO4/c1-10(11-3-5-18-6-4-11)15-8-13-7-12(9-19-13)14(16)17-2/h7,9-11,15H,3-6,8H2,1-2H3. The molecule has 2 heterocycles. The predicted molar refractivity (Wildman–Crippen MR) is 69.9 cm³/mol. The van der Waals surface area contributed by atoms with Crippen molar-refractivity contribution >= 4 is 5.97 Å². The fourth-order valence-electron chi connectivity index (χ4n) is 2.34. The van der Waals surface area contributed by atoms with E-state index in [1.54, 1.807) is 6.07 Å². The highest BCUT2D eigenvalue weighted by atomic mass is 16.5. The summed E-state index contributed by atoms with van der Waals surface area (Å²) in [5, 5.41) is 3.44. The number of ether oxygens (including phenoxy) is 2. The van der Waals surface area contributed by atoms with E-state index in [1.807, 2.05) is 0 Å². The van der Waals surface area contributed by atoms with Crippen molar-refractivity contribution in [2.45, 2.75) is 32.4 Å². The van der Waals surface area contributed by atoms with Crippen LogP contribution in [0.2, 0.25) is 0 Å². The highest BCUT2D eigenvalue weighted by Gasteiger charge is 2.20. The van der Waals surface area contributed by atoms with Crippen LogP contribution in [0.1, 0.15) is 35.9 Å². The van der Waals surface area contributed by atoms with Gasteiger partial charge in [0.25, 0.3) is 0 Å². The summed E-state index contributed by atoms with van der Waals surface area (Å²) < 4.78 is 15.3.